The summed E-state index contributed by atoms with van der Waals surface area (Å²) in [6, 6.07) is 7.06. The average molecular weight is 258 g/mol. The summed E-state index contributed by atoms with van der Waals surface area (Å²) >= 11 is 0. The highest BCUT2D eigenvalue weighted by Gasteiger charge is 2.48. The number of para-hydroxylation sites is 2. The molecule has 0 saturated heterocycles. The summed E-state index contributed by atoms with van der Waals surface area (Å²) in [6.45, 7) is 0. The van der Waals surface area contributed by atoms with Gasteiger partial charge < -0.3 is 15.7 Å². The van der Waals surface area contributed by atoms with E-state index < -0.39 is 17.4 Å². The molecule has 0 radical (unpaired) electrons. The molecule has 1 spiro atoms. The molecule has 4 N–H and O–H groups in total. The van der Waals surface area contributed by atoms with Gasteiger partial charge in [0.05, 0.1) is 23.2 Å². The first-order valence-corrected chi connectivity index (χ1v) is 5.56. The molecule has 0 fully saturated rings. The van der Waals surface area contributed by atoms with E-state index in [9.17, 15) is 14.7 Å². The third kappa shape index (κ3) is 1.55. The fraction of sp³-hybridized carbons (Fsp3) is 0.0833. The summed E-state index contributed by atoms with van der Waals surface area (Å²) in [5.41, 5.74) is 2.08. The summed E-state index contributed by atoms with van der Waals surface area (Å²) in [4.78, 5) is 23.5. The van der Waals surface area contributed by atoms with E-state index in [4.69, 9.17) is 0 Å². The van der Waals surface area contributed by atoms with Gasteiger partial charge in [-0.15, -0.1) is 0 Å². The highest BCUT2D eigenvalue weighted by molar-refractivity contribution is 6.23. The van der Waals surface area contributed by atoms with Crippen molar-refractivity contribution in [2.24, 2.45) is 5.10 Å². The minimum atomic E-state index is -1.49. The summed E-state index contributed by atoms with van der Waals surface area (Å²) in [6.07, 6.45) is 2.45. The summed E-state index contributed by atoms with van der Waals surface area (Å²) in [5.74, 6) is -1.68. The van der Waals surface area contributed by atoms with E-state index in [2.05, 4.69) is 21.2 Å². The number of amides is 1. The Morgan fingerprint density at radius 2 is 2.00 bits per heavy atom. The largest absolute Gasteiger partial charge is 0.478 e. The van der Waals surface area contributed by atoms with Crippen LogP contribution in [0.25, 0.3) is 0 Å². The number of carboxylic acids is 1. The van der Waals surface area contributed by atoms with Crippen LogP contribution in [0.5, 0.6) is 0 Å². The van der Waals surface area contributed by atoms with Crippen molar-refractivity contribution in [3.8, 4) is 0 Å². The van der Waals surface area contributed by atoms with Gasteiger partial charge in [-0.1, -0.05) is 12.1 Å². The van der Waals surface area contributed by atoms with Crippen LogP contribution >= 0.6 is 0 Å². The van der Waals surface area contributed by atoms with Gasteiger partial charge in [-0.3, -0.25) is 10.2 Å². The monoisotopic (exact) mass is 258 g/mol. The van der Waals surface area contributed by atoms with Gasteiger partial charge in [0.1, 0.15) is 0 Å². The Kier molecular flexibility index (Phi) is 2.28. The van der Waals surface area contributed by atoms with Crippen LogP contribution in [0.2, 0.25) is 0 Å². The second-order valence-corrected chi connectivity index (χ2v) is 4.18. The molecule has 7 nitrogen and oxygen atoms in total. The number of benzene rings is 1. The van der Waals surface area contributed by atoms with Gasteiger partial charge in [-0.2, -0.15) is 5.10 Å². The molecule has 0 aliphatic carbocycles. The maximum Gasteiger partial charge on any atom is 0.336 e. The number of carbonyl (C=O) groups is 2. The van der Waals surface area contributed by atoms with Crippen LogP contribution in [0, 0.1) is 0 Å². The standard InChI is InChI=1S/C12H10N4O3/c17-10(18)7-5-13-14-6-12(7)11(19)15-8-3-1-2-4-9(8)16-12/h1-6,13,16H,(H,15,19)(H,17,18)/t12-/m1/s1. The minimum Gasteiger partial charge on any atom is -0.478 e. The molecule has 0 saturated carbocycles. The van der Waals surface area contributed by atoms with Crippen LogP contribution in [0.15, 0.2) is 41.1 Å². The van der Waals surface area contributed by atoms with Gasteiger partial charge in [0.15, 0.2) is 5.54 Å². The number of carboxylic acid groups (broad SMARTS) is 1. The molecule has 1 atom stereocenters. The van der Waals surface area contributed by atoms with Crippen LogP contribution in [0.4, 0.5) is 11.4 Å². The van der Waals surface area contributed by atoms with E-state index in [0.29, 0.717) is 11.4 Å². The second-order valence-electron chi connectivity index (χ2n) is 4.18. The van der Waals surface area contributed by atoms with Crippen molar-refractivity contribution in [2.45, 2.75) is 5.54 Å². The summed E-state index contributed by atoms with van der Waals surface area (Å²) < 4.78 is 0. The number of aliphatic carboxylic acids is 1. The van der Waals surface area contributed by atoms with Crippen LogP contribution < -0.4 is 16.1 Å². The normalized spacial score (nSPS) is 23.8. The topological polar surface area (TPSA) is 103 Å². The van der Waals surface area contributed by atoms with Crippen LogP contribution in [-0.2, 0) is 9.59 Å². The van der Waals surface area contributed by atoms with Gasteiger partial charge in [0, 0.05) is 6.20 Å². The zero-order valence-electron chi connectivity index (χ0n) is 9.68. The molecule has 0 aromatic heterocycles. The number of nitrogens with zero attached hydrogens (tertiary/aromatic N) is 1. The van der Waals surface area contributed by atoms with Crippen LogP contribution in [-0.4, -0.2) is 28.7 Å². The summed E-state index contributed by atoms with van der Waals surface area (Å²) in [7, 11) is 0. The second kappa shape index (κ2) is 3.84. The highest BCUT2D eigenvalue weighted by Crippen LogP contribution is 2.34. The lowest BCUT2D eigenvalue weighted by molar-refractivity contribution is -0.134. The molecule has 1 aromatic carbocycles. The number of hydrazone groups is 1. The van der Waals surface area contributed by atoms with Crippen molar-refractivity contribution in [1.82, 2.24) is 5.43 Å². The lowest BCUT2D eigenvalue weighted by Gasteiger charge is -2.37. The van der Waals surface area contributed by atoms with Crippen molar-refractivity contribution in [2.75, 3.05) is 10.6 Å². The molecule has 3 rings (SSSR count). The minimum absolute atomic E-state index is 0.116. The molecule has 19 heavy (non-hydrogen) atoms. The molecular formula is C12H10N4O3. The van der Waals surface area contributed by atoms with E-state index in [1.165, 1.54) is 12.4 Å². The predicted molar refractivity (Wildman–Crippen MR) is 68.8 cm³/mol. The van der Waals surface area contributed by atoms with Crippen LogP contribution in [0.1, 0.15) is 0 Å². The zero-order valence-corrected chi connectivity index (χ0v) is 9.68. The number of carbonyl (C=O) groups excluding carboxylic acids is 1. The van der Waals surface area contributed by atoms with Gasteiger partial charge in [-0.25, -0.2) is 4.79 Å². The average Bonchev–Trinajstić information content (AvgIpc) is 2.40. The Hall–Kier alpha value is -2.83. The molecule has 0 bridgehead atoms. The molecule has 7 heteroatoms. The number of hydrogen-bond acceptors (Lipinski definition) is 5. The van der Waals surface area contributed by atoms with E-state index in [0.717, 1.165) is 0 Å². The maximum atomic E-state index is 12.3. The Bertz CT molecular complexity index is 638. The molecule has 0 unspecified atom stereocenters. The predicted octanol–water partition coefficient (Wildman–Crippen LogP) is 0.347. The quantitative estimate of drug-likeness (QED) is 0.582. The Morgan fingerprint density at radius 3 is 2.74 bits per heavy atom. The number of anilines is 2. The lowest BCUT2D eigenvalue weighted by atomic mass is 9.87. The van der Waals surface area contributed by atoms with E-state index in [-0.39, 0.29) is 5.57 Å². The van der Waals surface area contributed by atoms with Crippen LogP contribution in [0.3, 0.4) is 0 Å². The smallest absolute Gasteiger partial charge is 0.336 e. The van der Waals surface area contributed by atoms with E-state index in [1.807, 2.05) is 0 Å². The number of hydrogen-bond donors (Lipinski definition) is 4. The summed E-state index contributed by atoms with van der Waals surface area (Å²) in [5, 5.41) is 18.6. The van der Waals surface area contributed by atoms with Gasteiger partial charge in [-0.05, 0) is 12.1 Å². The first-order chi connectivity index (χ1) is 9.13. The molecule has 2 aliphatic rings. The molecule has 2 aliphatic heterocycles. The van der Waals surface area contributed by atoms with Gasteiger partial charge in [0.25, 0.3) is 5.91 Å². The Morgan fingerprint density at radius 1 is 1.26 bits per heavy atom. The maximum absolute atomic E-state index is 12.3. The van der Waals surface area contributed by atoms with E-state index in [1.54, 1.807) is 24.3 Å². The number of nitrogens with one attached hydrogen (secondary N) is 3. The third-order valence-corrected chi connectivity index (χ3v) is 3.06. The number of fused-ring (bicyclic) bond motifs is 1. The van der Waals surface area contributed by atoms with Gasteiger partial charge in [0.2, 0.25) is 0 Å². The van der Waals surface area contributed by atoms with Gasteiger partial charge >= 0.3 is 5.97 Å². The molecule has 1 aromatic rings. The lowest BCUT2D eigenvalue weighted by Crippen LogP contribution is -2.58. The fourth-order valence-corrected chi connectivity index (χ4v) is 2.12. The van der Waals surface area contributed by atoms with Crippen molar-refractivity contribution >= 4 is 29.5 Å². The fourth-order valence-electron chi connectivity index (χ4n) is 2.12. The Labute approximate surface area is 108 Å². The van der Waals surface area contributed by atoms with E-state index >= 15 is 0 Å². The van der Waals surface area contributed by atoms with Crippen molar-refractivity contribution < 1.29 is 14.7 Å². The van der Waals surface area contributed by atoms with Crippen molar-refractivity contribution in [3.05, 3.63) is 36.0 Å². The molecular weight excluding hydrogens is 248 g/mol. The molecule has 2 heterocycles. The zero-order chi connectivity index (χ0) is 13.5. The third-order valence-electron chi connectivity index (χ3n) is 3.06. The SMILES string of the molecule is O=C(O)C1=CNN=C[C@@]12Nc1ccccc1NC2=O. The Balaban J connectivity index is 2.12. The first kappa shape index (κ1) is 11.3. The van der Waals surface area contributed by atoms with Crippen molar-refractivity contribution in [1.29, 1.82) is 0 Å². The van der Waals surface area contributed by atoms with Crippen molar-refractivity contribution in [3.63, 3.8) is 0 Å². The first-order valence-electron chi connectivity index (χ1n) is 5.56. The highest BCUT2D eigenvalue weighted by atomic mass is 16.4. The molecule has 1 amide bonds. The number of rotatable bonds is 1. The molecule has 96 valence electrons.